The van der Waals surface area contributed by atoms with Gasteiger partial charge in [-0.3, -0.25) is 4.79 Å². The normalized spacial score (nSPS) is 12.1. The van der Waals surface area contributed by atoms with Crippen molar-refractivity contribution in [2.75, 3.05) is 0 Å². The van der Waals surface area contributed by atoms with E-state index in [0.29, 0.717) is 12.1 Å². The van der Waals surface area contributed by atoms with E-state index in [9.17, 15) is 22.4 Å². The van der Waals surface area contributed by atoms with Crippen molar-refractivity contribution in [2.45, 2.75) is 6.18 Å². The number of halogens is 6. The van der Waals surface area contributed by atoms with E-state index in [1.54, 1.807) is 0 Å². The average molecular weight is 317 g/mol. The number of hydrogen-bond acceptors (Lipinski definition) is 2. The largest absolute Gasteiger partial charge is 0.419 e. The van der Waals surface area contributed by atoms with Crippen molar-refractivity contribution in [1.29, 1.82) is 0 Å². The zero-order valence-electron chi connectivity index (χ0n) is 8.24. The summed E-state index contributed by atoms with van der Waals surface area (Å²) in [5, 5.41) is -1.13. The van der Waals surface area contributed by atoms with E-state index in [1.807, 2.05) is 0 Å². The van der Waals surface area contributed by atoms with Gasteiger partial charge < -0.3 is 0 Å². The minimum Gasteiger partial charge on any atom is -0.275 e. The Morgan fingerprint density at radius 3 is 2.39 bits per heavy atom. The van der Waals surface area contributed by atoms with Gasteiger partial charge >= 0.3 is 6.18 Å². The second-order valence-electron chi connectivity index (χ2n) is 3.34. The highest BCUT2D eigenvalue weighted by Gasteiger charge is 2.35. The topological polar surface area (TPSA) is 17.1 Å². The standard InChI is InChI=1S/C10H2Cl2F4OS/c11-7-3-1-4(10(14,15)16)5(13)2-6(3)18-8(7)9(12)17/h1-2H. The first-order valence-electron chi connectivity index (χ1n) is 4.40. The van der Waals surface area contributed by atoms with E-state index in [-0.39, 0.29) is 20.0 Å². The van der Waals surface area contributed by atoms with Gasteiger partial charge in [-0.1, -0.05) is 11.6 Å². The minimum absolute atomic E-state index is 0.0422. The second-order valence-corrected chi connectivity index (χ2v) is 5.12. The van der Waals surface area contributed by atoms with Gasteiger partial charge in [0.15, 0.2) is 0 Å². The summed E-state index contributed by atoms with van der Waals surface area (Å²) in [4.78, 5) is 10.9. The van der Waals surface area contributed by atoms with Crippen LogP contribution in [-0.2, 0) is 6.18 Å². The number of carbonyl (C=O) groups is 1. The third-order valence-electron chi connectivity index (χ3n) is 2.20. The van der Waals surface area contributed by atoms with Gasteiger partial charge in [-0.15, -0.1) is 11.3 Å². The Bertz CT molecular complexity index is 647. The molecule has 1 nitrogen and oxygen atoms in total. The van der Waals surface area contributed by atoms with Crippen LogP contribution in [0.25, 0.3) is 10.1 Å². The summed E-state index contributed by atoms with van der Waals surface area (Å²) in [6.45, 7) is 0. The highest BCUT2D eigenvalue weighted by atomic mass is 35.5. The first kappa shape index (κ1) is 13.6. The number of rotatable bonds is 1. The fourth-order valence-corrected chi connectivity index (χ4v) is 3.04. The molecule has 96 valence electrons. The van der Waals surface area contributed by atoms with Crippen LogP contribution in [0.15, 0.2) is 12.1 Å². The van der Waals surface area contributed by atoms with E-state index >= 15 is 0 Å². The Morgan fingerprint density at radius 2 is 1.89 bits per heavy atom. The van der Waals surface area contributed by atoms with Crippen molar-refractivity contribution < 1.29 is 22.4 Å². The van der Waals surface area contributed by atoms with Gasteiger partial charge in [-0.2, -0.15) is 13.2 Å². The fraction of sp³-hybridized carbons (Fsp3) is 0.100. The third kappa shape index (κ3) is 2.20. The second kappa shape index (κ2) is 4.36. The lowest BCUT2D eigenvalue weighted by Crippen LogP contribution is -2.07. The van der Waals surface area contributed by atoms with Gasteiger partial charge in [0.1, 0.15) is 10.7 Å². The van der Waals surface area contributed by atoms with Crippen molar-refractivity contribution in [1.82, 2.24) is 0 Å². The molecule has 0 aliphatic rings. The van der Waals surface area contributed by atoms with E-state index in [4.69, 9.17) is 23.2 Å². The van der Waals surface area contributed by atoms with E-state index in [1.165, 1.54) is 0 Å². The number of alkyl halides is 3. The number of carbonyl (C=O) groups excluding carboxylic acids is 1. The lowest BCUT2D eigenvalue weighted by atomic mass is 10.1. The molecule has 0 aliphatic carbocycles. The number of thiophene rings is 1. The lowest BCUT2D eigenvalue weighted by Gasteiger charge is -2.07. The number of benzene rings is 1. The molecular formula is C10H2Cl2F4OS. The van der Waals surface area contributed by atoms with Gasteiger partial charge in [0.2, 0.25) is 0 Å². The van der Waals surface area contributed by atoms with Crippen LogP contribution in [-0.4, -0.2) is 5.24 Å². The molecule has 0 fully saturated rings. The molecule has 1 aromatic heterocycles. The van der Waals surface area contributed by atoms with Crippen molar-refractivity contribution in [2.24, 2.45) is 0 Å². The summed E-state index contributed by atoms with van der Waals surface area (Å²) in [7, 11) is 0. The van der Waals surface area contributed by atoms with Gasteiger partial charge in [0.25, 0.3) is 5.24 Å². The molecule has 0 unspecified atom stereocenters. The molecule has 0 atom stereocenters. The number of hydrogen-bond donors (Lipinski definition) is 0. The molecule has 0 spiro atoms. The summed E-state index contributed by atoms with van der Waals surface area (Å²) in [5.74, 6) is -1.42. The molecule has 0 bridgehead atoms. The Morgan fingerprint density at radius 1 is 1.28 bits per heavy atom. The molecule has 1 aromatic carbocycles. The van der Waals surface area contributed by atoms with Crippen LogP contribution < -0.4 is 0 Å². The minimum atomic E-state index is -4.82. The molecule has 8 heteroatoms. The molecule has 0 amide bonds. The van der Waals surface area contributed by atoms with Crippen molar-refractivity contribution >= 4 is 49.9 Å². The summed E-state index contributed by atoms with van der Waals surface area (Å²) < 4.78 is 50.9. The molecule has 18 heavy (non-hydrogen) atoms. The highest BCUT2D eigenvalue weighted by Crippen LogP contribution is 2.41. The summed E-state index contributed by atoms with van der Waals surface area (Å²) in [6, 6.07) is 1.27. The van der Waals surface area contributed by atoms with Crippen molar-refractivity contribution in [3.63, 3.8) is 0 Å². The fourth-order valence-electron chi connectivity index (χ4n) is 1.43. The smallest absolute Gasteiger partial charge is 0.275 e. The van der Waals surface area contributed by atoms with Gasteiger partial charge in [0.05, 0.1) is 10.6 Å². The van der Waals surface area contributed by atoms with Gasteiger partial charge in [0, 0.05) is 10.1 Å². The maximum atomic E-state index is 13.3. The predicted molar refractivity (Wildman–Crippen MR) is 62.0 cm³/mol. The molecule has 0 radical (unpaired) electrons. The quantitative estimate of drug-likeness (QED) is 0.529. The third-order valence-corrected chi connectivity index (χ3v) is 4.16. The van der Waals surface area contributed by atoms with E-state index in [2.05, 4.69) is 0 Å². The van der Waals surface area contributed by atoms with Crippen molar-refractivity contribution in [3.05, 3.63) is 33.4 Å². The predicted octanol–water partition coefficient (Wildman–Crippen LogP) is 5.09. The summed E-state index contributed by atoms with van der Waals surface area (Å²) >= 11 is 11.7. The summed E-state index contributed by atoms with van der Waals surface area (Å²) in [5.41, 5.74) is -1.43. The zero-order chi connectivity index (χ0) is 13.7. The van der Waals surface area contributed by atoms with Crippen LogP contribution >= 0.6 is 34.5 Å². The van der Waals surface area contributed by atoms with Crippen LogP contribution in [0.4, 0.5) is 17.6 Å². The molecular weight excluding hydrogens is 315 g/mol. The molecule has 0 aliphatic heterocycles. The maximum Gasteiger partial charge on any atom is 0.419 e. The zero-order valence-corrected chi connectivity index (χ0v) is 10.6. The van der Waals surface area contributed by atoms with Crippen LogP contribution in [0.5, 0.6) is 0 Å². The van der Waals surface area contributed by atoms with E-state index < -0.39 is 22.8 Å². The molecule has 0 saturated carbocycles. The van der Waals surface area contributed by atoms with Crippen LogP contribution in [0.3, 0.4) is 0 Å². The van der Waals surface area contributed by atoms with Crippen LogP contribution in [0, 0.1) is 5.82 Å². The molecule has 2 aromatic rings. The Labute approximate surface area is 112 Å². The van der Waals surface area contributed by atoms with Crippen molar-refractivity contribution in [3.8, 4) is 0 Å². The lowest BCUT2D eigenvalue weighted by molar-refractivity contribution is -0.139. The monoisotopic (exact) mass is 316 g/mol. The Hall–Kier alpha value is -0.850. The Kier molecular flexibility index (Phi) is 3.29. The molecule has 1 heterocycles. The average Bonchev–Trinajstić information content (AvgIpc) is 2.53. The Balaban J connectivity index is 2.79. The SMILES string of the molecule is O=C(Cl)c1sc2cc(F)c(C(F)(F)F)cc2c1Cl. The number of fused-ring (bicyclic) bond motifs is 1. The van der Waals surface area contributed by atoms with Gasteiger partial charge in [-0.25, -0.2) is 4.39 Å². The van der Waals surface area contributed by atoms with Gasteiger partial charge in [-0.05, 0) is 23.7 Å². The molecule has 2 rings (SSSR count). The highest BCUT2D eigenvalue weighted by molar-refractivity contribution is 7.23. The van der Waals surface area contributed by atoms with E-state index in [0.717, 1.165) is 11.3 Å². The first-order chi connectivity index (χ1) is 8.21. The molecule has 0 N–H and O–H groups in total. The van der Waals surface area contributed by atoms with Crippen LogP contribution in [0.1, 0.15) is 15.2 Å². The summed E-state index contributed by atoms with van der Waals surface area (Å²) in [6.07, 6.45) is -4.82. The van der Waals surface area contributed by atoms with Crippen LogP contribution in [0.2, 0.25) is 5.02 Å². The molecule has 0 saturated heterocycles. The maximum absolute atomic E-state index is 13.3. The first-order valence-corrected chi connectivity index (χ1v) is 5.97.